The molecule has 1 aromatic carbocycles. The van der Waals surface area contributed by atoms with Gasteiger partial charge in [-0.3, -0.25) is 5.32 Å². The van der Waals surface area contributed by atoms with Crippen LogP contribution >= 0.6 is 0 Å². The minimum Gasteiger partial charge on any atom is -0.449 e. The van der Waals surface area contributed by atoms with E-state index in [9.17, 15) is 4.79 Å². The van der Waals surface area contributed by atoms with Crippen LogP contribution in [0.15, 0.2) is 24.3 Å². The van der Waals surface area contributed by atoms with Crippen molar-refractivity contribution >= 4 is 17.5 Å². The van der Waals surface area contributed by atoms with Crippen LogP contribution in [0.5, 0.6) is 0 Å². The summed E-state index contributed by atoms with van der Waals surface area (Å²) in [4.78, 5) is 11.7. The van der Waals surface area contributed by atoms with Crippen LogP contribution in [0.4, 0.5) is 16.2 Å². The SMILES string of the molecule is CC(C)COC(=O)Nc1cccc(NCc2nnc(C3CC3)n2C)c1. The Morgan fingerprint density at radius 1 is 1.32 bits per heavy atom. The van der Waals surface area contributed by atoms with Gasteiger partial charge >= 0.3 is 6.09 Å². The molecule has 0 radical (unpaired) electrons. The molecule has 1 amide bonds. The zero-order chi connectivity index (χ0) is 17.8. The number of benzene rings is 1. The summed E-state index contributed by atoms with van der Waals surface area (Å²) in [6, 6.07) is 7.53. The molecular formula is C18H25N5O2. The fourth-order valence-corrected chi connectivity index (χ4v) is 2.51. The lowest BCUT2D eigenvalue weighted by molar-refractivity contribution is 0.147. The largest absolute Gasteiger partial charge is 0.449 e. The smallest absolute Gasteiger partial charge is 0.411 e. The van der Waals surface area contributed by atoms with Gasteiger partial charge in [0.1, 0.15) is 5.82 Å². The molecule has 2 aromatic rings. The predicted molar refractivity (Wildman–Crippen MR) is 96.6 cm³/mol. The van der Waals surface area contributed by atoms with Crippen LogP contribution in [0.3, 0.4) is 0 Å². The van der Waals surface area contributed by atoms with Gasteiger partial charge in [0.15, 0.2) is 5.82 Å². The summed E-state index contributed by atoms with van der Waals surface area (Å²) in [6.45, 7) is 4.98. The molecule has 7 nitrogen and oxygen atoms in total. The van der Waals surface area contributed by atoms with Gasteiger partial charge in [0.05, 0.1) is 13.2 Å². The fraction of sp³-hybridized carbons (Fsp3) is 0.500. The number of nitrogens with one attached hydrogen (secondary N) is 2. The first kappa shape index (κ1) is 17.3. The van der Waals surface area contributed by atoms with Gasteiger partial charge in [0.2, 0.25) is 0 Å². The van der Waals surface area contributed by atoms with Gasteiger partial charge in [0, 0.05) is 24.3 Å². The van der Waals surface area contributed by atoms with E-state index in [1.807, 2.05) is 45.2 Å². The number of carbonyl (C=O) groups excluding carboxylic acids is 1. The molecule has 0 unspecified atom stereocenters. The van der Waals surface area contributed by atoms with Crippen molar-refractivity contribution in [2.75, 3.05) is 17.2 Å². The van der Waals surface area contributed by atoms with Gasteiger partial charge in [-0.25, -0.2) is 4.79 Å². The van der Waals surface area contributed by atoms with E-state index in [-0.39, 0.29) is 0 Å². The summed E-state index contributed by atoms with van der Waals surface area (Å²) in [5.74, 6) is 2.86. The van der Waals surface area contributed by atoms with Crippen LogP contribution in [-0.4, -0.2) is 27.5 Å². The lowest BCUT2D eigenvalue weighted by atomic mass is 10.2. The Kier molecular flexibility index (Phi) is 5.21. The lowest BCUT2D eigenvalue weighted by Crippen LogP contribution is -2.16. The Bertz CT molecular complexity index is 737. The first-order chi connectivity index (χ1) is 12.0. The maximum Gasteiger partial charge on any atom is 0.411 e. The summed E-state index contributed by atoms with van der Waals surface area (Å²) in [5, 5.41) is 14.6. The number of hydrogen-bond donors (Lipinski definition) is 2. The van der Waals surface area contributed by atoms with Gasteiger partial charge in [-0.2, -0.15) is 0 Å². The maximum absolute atomic E-state index is 11.7. The highest BCUT2D eigenvalue weighted by atomic mass is 16.5. The summed E-state index contributed by atoms with van der Waals surface area (Å²) in [5.41, 5.74) is 1.59. The Balaban J connectivity index is 1.55. The normalized spacial score (nSPS) is 13.8. The van der Waals surface area contributed by atoms with E-state index in [0.29, 0.717) is 30.7 Å². The molecule has 7 heteroatoms. The number of nitrogens with zero attached hydrogens (tertiary/aromatic N) is 3. The molecule has 1 fully saturated rings. The van der Waals surface area contributed by atoms with Gasteiger partial charge < -0.3 is 14.6 Å². The Hall–Kier alpha value is -2.57. The van der Waals surface area contributed by atoms with Gasteiger partial charge in [0.25, 0.3) is 0 Å². The second kappa shape index (κ2) is 7.55. The van der Waals surface area contributed by atoms with E-state index >= 15 is 0 Å². The molecule has 2 N–H and O–H groups in total. The van der Waals surface area contributed by atoms with E-state index in [1.54, 1.807) is 0 Å². The first-order valence-corrected chi connectivity index (χ1v) is 8.69. The number of hydrogen-bond acceptors (Lipinski definition) is 5. The maximum atomic E-state index is 11.7. The van der Waals surface area contributed by atoms with Crippen LogP contribution in [0.2, 0.25) is 0 Å². The molecule has 3 rings (SSSR count). The molecule has 134 valence electrons. The molecule has 1 saturated carbocycles. The van der Waals surface area contributed by atoms with Crippen molar-refractivity contribution in [3.8, 4) is 0 Å². The Labute approximate surface area is 147 Å². The number of amides is 1. The molecule has 0 saturated heterocycles. The monoisotopic (exact) mass is 343 g/mol. The summed E-state index contributed by atoms with van der Waals surface area (Å²) in [6.07, 6.45) is 1.98. The molecule has 0 bridgehead atoms. The van der Waals surface area contributed by atoms with Crippen molar-refractivity contribution in [2.45, 2.75) is 39.2 Å². The second-order valence-electron chi connectivity index (χ2n) is 6.86. The number of carbonyl (C=O) groups is 1. The zero-order valence-electron chi connectivity index (χ0n) is 15.0. The lowest BCUT2D eigenvalue weighted by Gasteiger charge is -2.11. The van der Waals surface area contributed by atoms with Gasteiger partial charge in [-0.1, -0.05) is 19.9 Å². The highest BCUT2D eigenvalue weighted by Gasteiger charge is 2.29. The average Bonchev–Trinajstić information content (AvgIpc) is 3.35. The minimum atomic E-state index is -0.437. The molecule has 25 heavy (non-hydrogen) atoms. The van der Waals surface area contributed by atoms with E-state index in [2.05, 4.69) is 25.4 Å². The summed E-state index contributed by atoms with van der Waals surface area (Å²) in [7, 11) is 2.01. The van der Waals surface area contributed by atoms with Crippen molar-refractivity contribution < 1.29 is 9.53 Å². The Morgan fingerprint density at radius 2 is 2.08 bits per heavy atom. The third kappa shape index (κ3) is 4.71. The molecule has 0 spiro atoms. The van der Waals surface area contributed by atoms with E-state index in [0.717, 1.165) is 17.3 Å². The van der Waals surface area contributed by atoms with Crippen LogP contribution in [0.25, 0.3) is 0 Å². The van der Waals surface area contributed by atoms with Crippen LogP contribution in [0.1, 0.15) is 44.3 Å². The van der Waals surface area contributed by atoms with Crippen molar-refractivity contribution in [2.24, 2.45) is 13.0 Å². The zero-order valence-corrected chi connectivity index (χ0v) is 15.0. The van der Waals surface area contributed by atoms with Crippen molar-refractivity contribution in [3.63, 3.8) is 0 Å². The Morgan fingerprint density at radius 3 is 2.80 bits per heavy atom. The summed E-state index contributed by atoms with van der Waals surface area (Å²) >= 11 is 0. The van der Waals surface area contributed by atoms with Gasteiger partial charge in [-0.05, 0) is 37.0 Å². The topological polar surface area (TPSA) is 81.1 Å². The quantitative estimate of drug-likeness (QED) is 0.804. The molecule has 1 heterocycles. The van der Waals surface area contributed by atoms with Crippen LogP contribution < -0.4 is 10.6 Å². The standard InChI is InChI=1S/C18H25N5O2/c1-12(2)11-25-18(24)20-15-6-4-5-14(9-15)19-10-16-21-22-17(23(16)3)13-7-8-13/h4-6,9,12-13,19H,7-8,10-11H2,1-3H3,(H,20,24). The number of ether oxygens (including phenoxy) is 1. The molecule has 1 aliphatic rings. The average molecular weight is 343 g/mol. The first-order valence-electron chi connectivity index (χ1n) is 8.69. The van der Waals surface area contributed by atoms with E-state index in [1.165, 1.54) is 12.8 Å². The molecule has 0 aliphatic heterocycles. The fourth-order valence-electron chi connectivity index (χ4n) is 2.51. The second-order valence-corrected chi connectivity index (χ2v) is 6.86. The summed E-state index contributed by atoms with van der Waals surface area (Å²) < 4.78 is 7.20. The third-order valence-electron chi connectivity index (χ3n) is 4.05. The van der Waals surface area contributed by atoms with Crippen LogP contribution in [-0.2, 0) is 18.3 Å². The number of aromatic nitrogens is 3. The van der Waals surface area contributed by atoms with E-state index in [4.69, 9.17) is 4.74 Å². The van der Waals surface area contributed by atoms with Crippen molar-refractivity contribution in [3.05, 3.63) is 35.9 Å². The number of anilines is 2. The predicted octanol–water partition coefficient (Wildman–Crippen LogP) is 3.51. The highest BCUT2D eigenvalue weighted by molar-refractivity contribution is 5.85. The molecular weight excluding hydrogens is 318 g/mol. The molecule has 1 aromatic heterocycles. The van der Waals surface area contributed by atoms with E-state index < -0.39 is 6.09 Å². The molecule has 0 atom stereocenters. The van der Waals surface area contributed by atoms with Gasteiger partial charge in [-0.15, -0.1) is 10.2 Å². The van der Waals surface area contributed by atoms with Crippen molar-refractivity contribution in [1.82, 2.24) is 14.8 Å². The highest BCUT2D eigenvalue weighted by Crippen LogP contribution is 2.38. The number of rotatable bonds is 7. The minimum absolute atomic E-state index is 0.311. The van der Waals surface area contributed by atoms with Crippen LogP contribution in [0, 0.1) is 5.92 Å². The molecule has 1 aliphatic carbocycles. The third-order valence-corrected chi connectivity index (χ3v) is 4.05. The van der Waals surface area contributed by atoms with Crippen molar-refractivity contribution in [1.29, 1.82) is 0 Å².